The molecule has 0 amide bonds. The Hall–Kier alpha value is -1.64. The van der Waals surface area contributed by atoms with Crippen molar-refractivity contribution in [1.82, 2.24) is 0 Å². The van der Waals surface area contributed by atoms with Gasteiger partial charge in [-0.3, -0.25) is 4.79 Å². The van der Waals surface area contributed by atoms with Crippen LogP contribution in [0.25, 0.3) is 0 Å². The number of allylic oxidation sites excluding steroid dienone is 2. The summed E-state index contributed by atoms with van der Waals surface area (Å²) in [6, 6.07) is 5.12. The zero-order valence-electron chi connectivity index (χ0n) is 10.5. The molecule has 0 N–H and O–H groups in total. The minimum Gasteiger partial charge on any atom is -0.494 e. The smallest absolute Gasteiger partial charge is 0.168 e. The van der Waals surface area contributed by atoms with E-state index < -0.39 is 0 Å². The third-order valence-electron chi connectivity index (χ3n) is 3.22. The molecule has 1 aromatic carbocycles. The summed E-state index contributed by atoms with van der Waals surface area (Å²) in [6.07, 6.45) is 5.61. The molecule has 0 aliphatic heterocycles. The van der Waals surface area contributed by atoms with E-state index in [1.807, 2.05) is 0 Å². The van der Waals surface area contributed by atoms with Crippen LogP contribution in [0.3, 0.4) is 0 Å². The minimum atomic E-state index is -0.322. The van der Waals surface area contributed by atoms with Crippen molar-refractivity contribution in [3.63, 3.8) is 0 Å². The van der Waals surface area contributed by atoms with Crippen LogP contribution in [-0.4, -0.2) is 12.9 Å². The molecule has 2 nitrogen and oxygen atoms in total. The normalized spacial score (nSPS) is 16.1. The molecule has 0 unspecified atom stereocenters. The summed E-state index contributed by atoms with van der Waals surface area (Å²) < 4.78 is 18.9. The van der Waals surface area contributed by atoms with Crippen molar-refractivity contribution in [2.75, 3.05) is 7.11 Å². The Morgan fingerprint density at radius 1 is 1.28 bits per heavy atom. The highest BCUT2D eigenvalue weighted by Gasteiger charge is 2.13. The molecular formula is C15H17FO2. The molecule has 2 rings (SSSR count). The lowest BCUT2D eigenvalue weighted by atomic mass is 10.0. The number of carbonyl (C=O) groups excluding carboxylic acids is 1. The van der Waals surface area contributed by atoms with Crippen LogP contribution < -0.4 is 4.74 Å². The first-order valence-corrected chi connectivity index (χ1v) is 6.24. The molecule has 1 aliphatic carbocycles. The van der Waals surface area contributed by atoms with Gasteiger partial charge in [-0.1, -0.05) is 17.7 Å². The quantitative estimate of drug-likeness (QED) is 0.819. The molecular weight excluding hydrogens is 231 g/mol. The molecule has 0 radical (unpaired) electrons. The number of hydrogen-bond donors (Lipinski definition) is 0. The summed E-state index contributed by atoms with van der Waals surface area (Å²) in [5, 5.41) is 0. The Morgan fingerprint density at radius 2 is 2.06 bits per heavy atom. The van der Waals surface area contributed by atoms with Gasteiger partial charge in [-0.2, -0.15) is 0 Å². The molecule has 3 heteroatoms. The lowest BCUT2D eigenvalue weighted by molar-refractivity contribution is -0.114. The van der Waals surface area contributed by atoms with Crippen LogP contribution in [0.4, 0.5) is 4.39 Å². The Kier molecular flexibility index (Phi) is 4.13. The molecule has 18 heavy (non-hydrogen) atoms. The van der Waals surface area contributed by atoms with Gasteiger partial charge in [-0.25, -0.2) is 4.39 Å². The van der Waals surface area contributed by atoms with Crippen LogP contribution in [0.1, 0.15) is 31.2 Å². The zero-order chi connectivity index (χ0) is 13.0. The molecule has 0 spiro atoms. The fourth-order valence-electron chi connectivity index (χ4n) is 2.26. The molecule has 0 aromatic heterocycles. The van der Waals surface area contributed by atoms with Gasteiger partial charge in [0.1, 0.15) is 0 Å². The van der Waals surface area contributed by atoms with E-state index in [-0.39, 0.29) is 17.3 Å². The molecule has 0 saturated heterocycles. The molecule has 0 heterocycles. The van der Waals surface area contributed by atoms with Crippen molar-refractivity contribution in [2.24, 2.45) is 0 Å². The van der Waals surface area contributed by atoms with E-state index in [9.17, 15) is 9.18 Å². The number of methoxy groups -OCH3 is 1. The molecule has 0 atom stereocenters. The summed E-state index contributed by atoms with van der Waals surface area (Å²) >= 11 is 0. The summed E-state index contributed by atoms with van der Waals surface area (Å²) in [7, 11) is 1.45. The third kappa shape index (κ3) is 2.97. The second-order valence-corrected chi connectivity index (χ2v) is 4.59. The van der Waals surface area contributed by atoms with Gasteiger partial charge in [0.05, 0.1) is 7.11 Å². The van der Waals surface area contributed by atoms with E-state index in [0.29, 0.717) is 18.4 Å². The van der Waals surface area contributed by atoms with Gasteiger partial charge in [0, 0.05) is 6.42 Å². The second kappa shape index (κ2) is 5.80. The maximum absolute atomic E-state index is 14.0. The second-order valence-electron chi connectivity index (χ2n) is 4.59. The number of benzene rings is 1. The number of carbonyl (C=O) groups is 1. The Labute approximate surface area is 106 Å². The average Bonchev–Trinajstić information content (AvgIpc) is 2.56. The maximum Gasteiger partial charge on any atom is 0.168 e. The van der Waals surface area contributed by atoms with Crippen LogP contribution in [0.5, 0.6) is 5.75 Å². The molecule has 1 aliphatic rings. The Balaban J connectivity index is 2.20. The van der Waals surface area contributed by atoms with Crippen molar-refractivity contribution in [1.29, 1.82) is 0 Å². The van der Waals surface area contributed by atoms with Crippen LogP contribution in [0.15, 0.2) is 29.8 Å². The maximum atomic E-state index is 14.0. The average molecular weight is 248 g/mol. The highest BCUT2D eigenvalue weighted by atomic mass is 19.1. The fourth-order valence-corrected chi connectivity index (χ4v) is 2.26. The summed E-state index contributed by atoms with van der Waals surface area (Å²) in [5.74, 6) is 0.0939. The predicted octanol–water partition coefficient (Wildman–Crippen LogP) is 3.45. The first-order chi connectivity index (χ1) is 8.70. The van der Waals surface area contributed by atoms with Crippen LogP contribution in [0, 0.1) is 5.82 Å². The number of rotatable bonds is 3. The number of halogens is 1. The van der Waals surface area contributed by atoms with E-state index >= 15 is 0 Å². The van der Waals surface area contributed by atoms with E-state index in [1.54, 1.807) is 24.3 Å². The minimum absolute atomic E-state index is 0.158. The number of ether oxygens (including phenoxy) is 1. The lowest BCUT2D eigenvalue weighted by Gasteiger charge is -2.09. The van der Waals surface area contributed by atoms with Gasteiger partial charge in [-0.05, 0) is 43.4 Å². The summed E-state index contributed by atoms with van der Waals surface area (Å²) in [6.45, 7) is 0. The van der Waals surface area contributed by atoms with Gasteiger partial charge in [0.15, 0.2) is 17.3 Å². The molecule has 0 saturated carbocycles. The van der Waals surface area contributed by atoms with Crippen molar-refractivity contribution in [3.05, 3.63) is 41.2 Å². The van der Waals surface area contributed by atoms with E-state index in [1.165, 1.54) is 7.11 Å². The van der Waals surface area contributed by atoms with Gasteiger partial charge in [0.25, 0.3) is 0 Å². The molecule has 1 aromatic rings. The third-order valence-corrected chi connectivity index (χ3v) is 3.22. The van der Waals surface area contributed by atoms with Gasteiger partial charge in [-0.15, -0.1) is 0 Å². The molecule has 0 bridgehead atoms. The van der Waals surface area contributed by atoms with Gasteiger partial charge in [0.2, 0.25) is 0 Å². The van der Waals surface area contributed by atoms with Crippen molar-refractivity contribution < 1.29 is 13.9 Å². The SMILES string of the molecule is COc1cccc(CC2=CC(=O)CCCC2)c1F. The largest absolute Gasteiger partial charge is 0.494 e. The standard InChI is InChI=1S/C15H17FO2/c1-18-14-8-4-6-12(15(14)16)9-11-5-2-3-7-13(17)10-11/h4,6,8,10H,2-3,5,7,9H2,1H3. The van der Waals surface area contributed by atoms with Crippen LogP contribution >= 0.6 is 0 Å². The molecule has 0 fully saturated rings. The lowest BCUT2D eigenvalue weighted by Crippen LogP contribution is -1.98. The Morgan fingerprint density at radius 3 is 2.83 bits per heavy atom. The fraction of sp³-hybridized carbons (Fsp3) is 0.400. The van der Waals surface area contributed by atoms with E-state index in [2.05, 4.69) is 0 Å². The zero-order valence-corrected chi connectivity index (χ0v) is 10.5. The topological polar surface area (TPSA) is 26.3 Å². The molecule has 96 valence electrons. The van der Waals surface area contributed by atoms with E-state index in [4.69, 9.17) is 4.74 Å². The first kappa shape index (κ1) is 12.8. The first-order valence-electron chi connectivity index (χ1n) is 6.24. The summed E-state index contributed by atoms with van der Waals surface area (Å²) in [5.41, 5.74) is 1.61. The van der Waals surface area contributed by atoms with Crippen molar-refractivity contribution in [2.45, 2.75) is 32.1 Å². The highest BCUT2D eigenvalue weighted by molar-refractivity contribution is 5.90. The summed E-state index contributed by atoms with van der Waals surface area (Å²) in [4.78, 5) is 11.5. The van der Waals surface area contributed by atoms with Gasteiger partial charge >= 0.3 is 0 Å². The highest BCUT2D eigenvalue weighted by Crippen LogP contribution is 2.25. The van der Waals surface area contributed by atoms with Crippen LogP contribution in [0.2, 0.25) is 0 Å². The van der Waals surface area contributed by atoms with Crippen molar-refractivity contribution >= 4 is 5.78 Å². The predicted molar refractivity (Wildman–Crippen MR) is 68.2 cm³/mol. The monoisotopic (exact) mass is 248 g/mol. The van der Waals surface area contributed by atoms with Crippen molar-refractivity contribution in [3.8, 4) is 5.75 Å². The Bertz CT molecular complexity index is 477. The van der Waals surface area contributed by atoms with E-state index in [0.717, 1.165) is 24.8 Å². The number of hydrogen-bond acceptors (Lipinski definition) is 2. The number of ketones is 1. The van der Waals surface area contributed by atoms with Crippen LogP contribution in [-0.2, 0) is 11.2 Å². The van der Waals surface area contributed by atoms with Gasteiger partial charge < -0.3 is 4.74 Å².